The summed E-state index contributed by atoms with van der Waals surface area (Å²) in [5.74, 6) is 6.92. The molecule has 98 valence electrons. The molecule has 1 aromatic heterocycles. The summed E-state index contributed by atoms with van der Waals surface area (Å²) in [5, 5.41) is 0. The Hall–Kier alpha value is -2.14. The summed E-state index contributed by atoms with van der Waals surface area (Å²) < 4.78 is 0. The van der Waals surface area contributed by atoms with E-state index in [1.165, 1.54) is 23.1 Å². The predicted octanol–water partition coefficient (Wildman–Crippen LogP) is 2.15. The van der Waals surface area contributed by atoms with Gasteiger partial charge >= 0.3 is 0 Å². The van der Waals surface area contributed by atoms with Crippen LogP contribution in [0, 0.1) is 6.92 Å². The smallest absolute Gasteiger partial charge is 0.145 e. The fraction of sp³-hybridized carbons (Fsp3) is 0.286. The highest BCUT2D eigenvalue weighted by molar-refractivity contribution is 5.67. The van der Waals surface area contributed by atoms with E-state index in [4.69, 9.17) is 5.84 Å². The highest BCUT2D eigenvalue weighted by atomic mass is 15.3. The van der Waals surface area contributed by atoms with E-state index in [-0.39, 0.29) is 0 Å². The van der Waals surface area contributed by atoms with Crippen LogP contribution in [0.25, 0.3) is 0 Å². The van der Waals surface area contributed by atoms with E-state index in [1.807, 2.05) is 6.07 Å². The highest BCUT2D eigenvalue weighted by Gasteiger charge is 2.19. The van der Waals surface area contributed by atoms with Crippen LogP contribution in [0.2, 0.25) is 0 Å². The van der Waals surface area contributed by atoms with E-state index in [2.05, 4.69) is 45.4 Å². The first-order valence-corrected chi connectivity index (χ1v) is 6.43. The Balaban J connectivity index is 2.03. The average Bonchev–Trinajstić information content (AvgIpc) is 2.46. The van der Waals surface area contributed by atoms with Crippen molar-refractivity contribution in [2.75, 3.05) is 16.9 Å². The molecule has 0 bridgehead atoms. The second kappa shape index (κ2) is 4.85. The number of anilines is 3. The molecule has 1 aliphatic heterocycles. The third-order valence-corrected chi connectivity index (χ3v) is 3.43. The fourth-order valence-electron chi connectivity index (χ4n) is 2.54. The van der Waals surface area contributed by atoms with E-state index in [0.717, 1.165) is 25.2 Å². The fourth-order valence-corrected chi connectivity index (χ4v) is 2.54. The molecule has 5 heteroatoms. The van der Waals surface area contributed by atoms with Gasteiger partial charge < -0.3 is 10.3 Å². The van der Waals surface area contributed by atoms with E-state index in [9.17, 15) is 0 Å². The molecule has 3 N–H and O–H groups in total. The number of aromatic nitrogens is 2. The van der Waals surface area contributed by atoms with Crippen LogP contribution >= 0.6 is 0 Å². The van der Waals surface area contributed by atoms with Crippen molar-refractivity contribution in [3.63, 3.8) is 0 Å². The minimum Gasteiger partial charge on any atom is -0.326 e. The molecule has 1 aliphatic rings. The highest BCUT2D eigenvalue weighted by Crippen LogP contribution is 2.33. The number of nitrogens with zero attached hydrogens (tertiary/aromatic N) is 3. The van der Waals surface area contributed by atoms with Gasteiger partial charge in [0.2, 0.25) is 0 Å². The number of nitrogen functional groups attached to an aromatic ring is 1. The first kappa shape index (κ1) is 11.9. The van der Waals surface area contributed by atoms with Gasteiger partial charge in [-0.1, -0.05) is 17.7 Å². The Bertz CT molecular complexity index is 596. The number of fused-ring (bicyclic) bond motifs is 1. The zero-order chi connectivity index (χ0) is 13.2. The van der Waals surface area contributed by atoms with Crippen LogP contribution in [0.15, 0.2) is 30.6 Å². The molecular weight excluding hydrogens is 238 g/mol. The Morgan fingerprint density at radius 1 is 1.26 bits per heavy atom. The van der Waals surface area contributed by atoms with Crippen LogP contribution in [0.5, 0.6) is 0 Å². The molecule has 0 amide bonds. The van der Waals surface area contributed by atoms with E-state index in [1.54, 1.807) is 0 Å². The molecule has 19 heavy (non-hydrogen) atoms. The molecule has 0 fully saturated rings. The SMILES string of the molecule is Cc1ccc2c(c1)CCCN2c1cc(NN)ncn1. The molecule has 2 aromatic rings. The topological polar surface area (TPSA) is 67.1 Å². The van der Waals surface area contributed by atoms with E-state index in [0.29, 0.717) is 5.82 Å². The quantitative estimate of drug-likeness (QED) is 0.636. The van der Waals surface area contributed by atoms with Crippen molar-refractivity contribution < 1.29 is 0 Å². The van der Waals surface area contributed by atoms with Gasteiger partial charge in [0.1, 0.15) is 18.0 Å². The first-order valence-electron chi connectivity index (χ1n) is 6.43. The largest absolute Gasteiger partial charge is 0.326 e. The van der Waals surface area contributed by atoms with Gasteiger partial charge in [0.25, 0.3) is 0 Å². The molecule has 0 atom stereocenters. The summed E-state index contributed by atoms with van der Waals surface area (Å²) in [5.41, 5.74) is 6.48. The average molecular weight is 255 g/mol. The second-order valence-corrected chi connectivity index (χ2v) is 4.79. The lowest BCUT2D eigenvalue weighted by Crippen LogP contribution is -2.25. The standard InChI is InChI=1S/C14H17N5/c1-10-4-5-12-11(7-10)3-2-6-19(12)14-8-13(18-15)16-9-17-14/h4-5,7-9H,2-3,6,15H2,1H3,(H,16,17,18). The monoisotopic (exact) mass is 255 g/mol. The minimum atomic E-state index is 0.629. The van der Waals surface area contributed by atoms with Crippen LogP contribution in [-0.2, 0) is 6.42 Å². The van der Waals surface area contributed by atoms with E-state index >= 15 is 0 Å². The lowest BCUT2D eigenvalue weighted by molar-refractivity contribution is 0.758. The van der Waals surface area contributed by atoms with Crippen molar-refractivity contribution in [3.8, 4) is 0 Å². The third-order valence-electron chi connectivity index (χ3n) is 3.43. The minimum absolute atomic E-state index is 0.629. The van der Waals surface area contributed by atoms with Crippen molar-refractivity contribution in [2.24, 2.45) is 5.84 Å². The number of rotatable bonds is 2. The molecule has 0 radical (unpaired) electrons. The molecule has 1 aromatic carbocycles. The van der Waals surface area contributed by atoms with Gasteiger partial charge in [0.05, 0.1) is 0 Å². The predicted molar refractivity (Wildman–Crippen MR) is 76.3 cm³/mol. The molecular formula is C14H17N5. The number of nitrogens with one attached hydrogen (secondary N) is 1. The van der Waals surface area contributed by atoms with Gasteiger partial charge in [-0.3, -0.25) is 0 Å². The van der Waals surface area contributed by atoms with Gasteiger partial charge in [-0.05, 0) is 31.4 Å². The Labute approximate surface area is 112 Å². The molecule has 5 nitrogen and oxygen atoms in total. The van der Waals surface area contributed by atoms with Crippen LogP contribution in [0.4, 0.5) is 17.3 Å². The molecule has 0 unspecified atom stereocenters. The molecule has 0 saturated carbocycles. The number of hydrogen-bond donors (Lipinski definition) is 2. The van der Waals surface area contributed by atoms with Gasteiger partial charge in [-0.2, -0.15) is 0 Å². The maximum absolute atomic E-state index is 5.40. The zero-order valence-electron chi connectivity index (χ0n) is 10.9. The number of hydrogen-bond acceptors (Lipinski definition) is 5. The number of benzene rings is 1. The maximum Gasteiger partial charge on any atom is 0.145 e. The third kappa shape index (κ3) is 2.24. The summed E-state index contributed by atoms with van der Waals surface area (Å²) in [6.45, 7) is 3.09. The molecule has 0 aliphatic carbocycles. The Kier molecular flexibility index (Phi) is 3.05. The summed E-state index contributed by atoms with van der Waals surface area (Å²) in [6.07, 6.45) is 3.79. The van der Waals surface area contributed by atoms with Gasteiger partial charge in [0.15, 0.2) is 0 Å². The van der Waals surface area contributed by atoms with Crippen LogP contribution in [0.3, 0.4) is 0 Å². The number of aryl methyl sites for hydroxylation is 2. The van der Waals surface area contributed by atoms with Crippen LogP contribution < -0.4 is 16.2 Å². The number of hydrazine groups is 1. The molecule has 0 spiro atoms. The zero-order valence-corrected chi connectivity index (χ0v) is 10.9. The van der Waals surface area contributed by atoms with Crippen molar-refractivity contribution in [3.05, 3.63) is 41.7 Å². The van der Waals surface area contributed by atoms with Crippen molar-refractivity contribution in [1.29, 1.82) is 0 Å². The van der Waals surface area contributed by atoms with Crippen LogP contribution in [-0.4, -0.2) is 16.5 Å². The van der Waals surface area contributed by atoms with Gasteiger partial charge in [0, 0.05) is 18.3 Å². The molecule has 2 heterocycles. The second-order valence-electron chi connectivity index (χ2n) is 4.79. The summed E-state index contributed by atoms with van der Waals surface area (Å²) in [6, 6.07) is 8.43. The summed E-state index contributed by atoms with van der Waals surface area (Å²) >= 11 is 0. The summed E-state index contributed by atoms with van der Waals surface area (Å²) in [7, 11) is 0. The van der Waals surface area contributed by atoms with Gasteiger partial charge in [-0.25, -0.2) is 15.8 Å². The lowest BCUT2D eigenvalue weighted by atomic mass is 9.99. The maximum atomic E-state index is 5.40. The van der Waals surface area contributed by atoms with Crippen molar-refractivity contribution >= 4 is 17.3 Å². The Morgan fingerprint density at radius 2 is 2.16 bits per heavy atom. The molecule has 0 saturated heterocycles. The van der Waals surface area contributed by atoms with Gasteiger partial charge in [-0.15, -0.1) is 0 Å². The lowest BCUT2D eigenvalue weighted by Gasteiger charge is -2.30. The number of nitrogens with two attached hydrogens (primary N) is 1. The normalized spacial score (nSPS) is 14.1. The first-order chi connectivity index (χ1) is 9.28. The van der Waals surface area contributed by atoms with Crippen molar-refractivity contribution in [1.82, 2.24) is 9.97 Å². The molecule has 3 rings (SSSR count). The Morgan fingerprint density at radius 3 is 3.00 bits per heavy atom. The van der Waals surface area contributed by atoms with E-state index < -0.39 is 0 Å². The van der Waals surface area contributed by atoms with Crippen molar-refractivity contribution in [2.45, 2.75) is 19.8 Å². The van der Waals surface area contributed by atoms with Crippen LogP contribution in [0.1, 0.15) is 17.5 Å². The summed E-state index contributed by atoms with van der Waals surface area (Å²) in [4.78, 5) is 10.6.